The van der Waals surface area contributed by atoms with Gasteiger partial charge in [-0.25, -0.2) is 0 Å². The number of aldehydes is 1. The summed E-state index contributed by atoms with van der Waals surface area (Å²) in [7, 11) is 1.86. The van der Waals surface area contributed by atoms with Crippen LogP contribution in [0.4, 0.5) is 0 Å². The van der Waals surface area contributed by atoms with Crippen molar-refractivity contribution in [2.24, 2.45) is 7.05 Å². The molecule has 0 fully saturated rings. The van der Waals surface area contributed by atoms with Crippen LogP contribution in [0.1, 0.15) is 35.9 Å². The van der Waals surface area contributed by atoms with Gasteiger partial charge in [0.15, 0.2) is 6.29 Å². The Kier molecular flexibility index (Phi) is 2.83. The lowest BCUT2D eigenvalue weighted by atomic mass is 10.1. The first-order chi connectivity index (χ1) is 8.02. The third-order valence-corrected chi connectivity index (χ3v) is 2.68. The van der Waals surface area contributed by atoms with Crippen molar-refractivity contribution in [3.8, 4) is 11.3 Å². The van der Waals surface area contributed by atoms with Crippen molar-refractivity contribution >= 4 is 6.29 Å². The van der Waals surface area contributed by atoms with Crippen molar-refractivity contribution < 1.29 is 4.79 Å². The van der Waals surface area contributed by atoms with E-state index in [1.165, 1.54) is 0 Å². The minimum Gasteiger partial charge on any atom is -0.298 e. The minimum absolute atomic E-state index is 0.236. The number of rotatable bonds is 3. The molecule has 0 unspecified atom stereocenters. The largest absolute Gasteiger partial charge is 0.298 e. The SMILES string of the molecule is Cc1nn(C)cc1-c1nn(C(C)C)cc1C=O. The van der Waals surface area contributed by atoms with Crippen LogP contribution in [-0.2, 0) is 7.05 Å². The molecule has 0 aromatic carbocycles. The Balaban J connectivity index is 2.58. The first-order valence-corrected chi connectivity index (χ1v) is 5.58. The van der Waals surface area contributed by atoms with Gasteiger partial charge in [0.2, 0.25) is 0 Å². The quantitative estimate of drug-likeness (QED) is 0.760. The van der Waals surface area contributed by atoms with E-state index in [4.69, 9.17) is 0 Å². The van der Waals surface area contributed by atoms with Gasteiger partial charge in [-0.1, -0.05) is 0 Å². The van der Waals surface area contributed by atoms with Crippen molar-refractivity contribution in [3.05, 3.63) is 23.7 Å². The average Bonchev–Trinajstić information content (AvgIpc) is 2.81. The van der Waals surface area contributed by atoms with Gasteiger partial charge in [-0.15, -0.1) is 0 Å². The van der Waals surface area contributed by atoms with Crippen LogP contribution in [0.2, 0.25) is 0 Å². The molecule has 0 N–H and O–H groups in total. The summed E-state index contributed by atoms with van der Waals surface area (Å²) < 4.78 is 3.53. The van der Waals surface area contributed by atoms with Crippen LogP contribution in [0, 0.1) is 6.92 Å². The topological polar surface area (TPSA) is 52.7 Å². The molecule has 90 valence electrons. The van der Waals surface area contributed by atoms with Gasteiger partial charge in [0.25, 0.3) is 0 Å². The number of carbonyl (C=O) groups is 1. The average molecular weight is 232 g/mol. The molecule has 17 heavy (non-hydrogen) atoms. The number of hydrogen-bond donors (Lipinski definition) is 0. The maximum atomic E-state index is 11.1. The van der Waals surface area contributed by atoms with Crippen molar-refractivity contribution in [1.29, 1.82) is 0 Å². The molecule has 2 aromatic rings. The van der Waals surface area contributed by atoms with Crippen molar-refractivity contribution in [3.63, 3.8) is 0 Å². The third-order valence-electron chi connectivity index (χ3n) is 2.68. The molecule has 0 aliphatic heterocycles. The van der Waals surface area contributed by atoms with Gasteiger partial charge in [-0.05, 0) is 20.8 Å². The molecule has 0 amide bonds. The van der Waals surface area contributed by atoms with Crippen LogP contribution in [0.15, 0.2) is 12.4 Å². The van der Waals surface area contributed by atoms with Crippen LogP contribution in [0.25, 0.3) is 11.3 Å². The van der Waals surface area contributed by atoms with E-state index < -0.39 is 0 Å². The van der Waals surface area contributed by atoms with Gasteiger partial charge in [0.1, 0.15) is 5.69 Å². The lowest BCUT2D eigenvalue weighted by molar-refractivity contribution is 0.112. The van der Waals surface area contributed by atoms with E-state index in [1.54, 1.807) is 15.6 Å². The Morgan fingerprint density at radius 3 is 2.47 bits per heavy atom. The zero-order chi connectivity index (χ0) is 12.6. The summed E-state index contributed by atoms with van der Waals surface area (Å²) in [6.07, 6.45) is 4.50. The van der Waals surface area contributed by atoms with E-state index >= 15 is 0 Å². The molecule has 0 radical (unpaired) electrons. The molecule has 0 atom stereocenters. The fourth-order valence-electron chi connectivity index (χ4n) is 1.80. The summed E-state index contributed by atoms with van der Waals surface area (Å²) in [5.74, 6) is 0. The molecular weight excluding hydrogens is 216 g/mol. The Labute approximate surface area is 100 Å². The summed E-state index contributed by atoms with van der Waals surface area (Å²) in [6.45, 7) is 5.97. The van der Waals surface area contributed by atoms with Crippen molar-refractivity contribution in [2.45, 2.75) is 26.8 Å². The zero-order valence-corrected chi connectivity index (χ0v) is 10.5. The molecule has 0 aliphatic rings. The smallest absolute Gasteiger partial charge is 0.153 e. The molecule has 0 aliphatic carbocycles. The van der Waals surface area contributed by atoms with Gasteiger partial charge in [-0.2, -0.15) is 10.2 Å². The second-order valence-electron chi connectivity index (χ2n) is 4.43. The van der Waals surface area contributed by atoms with E-state index in [1.807, 2.05) is 34.0 Å². The van der Waals surface area contributed by atoms with E-state index in [9.17, 15) is 4.79 Å². The number of hydrogen-bond acceptors (Lipinski definition) is 3. The summed E-state index contributed by atoms with van der Waals surface area (Å²) >= 11 is 0. The van der Waals surface area contributed by atoms with Crippen molar-refractivity contribution in [2.75, 3.05) is 0 Å². The Morgan fingerprint density at radius 2 is 2.00 bits per heavy atom. The fourth-order valence-corrected chi connectivity index (χ4v) is 1.80. The highest BCUT2D eigenvalue weighted by atomic mass is 16.1. The summed E-state index contributed by atoms with van der Waals surface area (Å²) in [4.78, 5) is 11.1. The number of aryl methyl sites for hydroxylation is 2. The number of carbonyl (C=O) groups excluding carboxylic acids is 1. The summed E-state index contributed by atoms with van der Waals surface area (Å²) in [6, 6.07) is 0.236. The maximum absolute atomic E-state index is 11.1. The Hall–Kier alpha value is -1.91. The monoisotopic (exact) mass is 232 g/mol. The van der Waals surface area contributed by atoms with E-state index in [0.717, 1.165) is 17.5 Å². The lowest BCUT2D eigenvalue weighted by Gasteiger charge is -2.03. The molecule has 0 spiro atoms. The van der Waals surface area contributed by atoms with Crippen LogP contribution in [-0.4, -0.2) is 25.8 Å². The molecule has 2 heterocycles. The normalized spacial score (nSPS) is 11.1. The van der Waals surface area contributed by atoms with E-state index in [-0.39, 0.29) is 6.04 Å². The van der Waals surface area contributed by atoms with Gasteiger partial charge >= 0.3 is 0 Å². The molecule has 2 aromatic heterocycles. The van der Waals surface area contributed by atoms with Gasteiger partial charge in [-0.3, -0.25) is 14.2 Å². The second kappa shape index (κ2) is 4.16. The number of nitrogens with zero attached hydrogens (tertiary/aromatic N) is 4. The standard InChI is InChI=1S/C12H16N4O/c1-8(2)16-5-10(7-17)12(14-16)11-6-15(4)13-9(11)3/h5-8H,1-4H3. The second-order valence-corrected chi connectivity index (χ2v) is 4.43. The first kappa shape index (κ1) is 11.6. The molecule has 0 saturated carbocycles. The summed E-state index contributed by atoms with van der Waals surface area (Å²) in [5, 5.41) is 8.73. The molecule has 0 bridgehead atoms. The van der Waals surface area contributed by atoms with Crippen LogP contribution < -0.4 is 0 Å². The maximum Gasteiger partial charge on any atom is 0.153 e. The Bertz CT molecular complexity index is 551. The van der Waals surface area contributed by atoms with Gasteiger partial charge in [0.05, 0.1) is 11.3 Å². The molecule has 0 saturated heterocycles. The highest BCUT2D eigenvalue weighted by Crippen LogP contribution is 2.24. The third kappa shape index (κ3) is 2.00. The lowest BCUT2D eigenvalue weighted by Crippen LogP contribution is -2.00. The zero-order valence-electron chi connectivity index (χ0n) is 10.5. The predicted molar refractivity (Wildman–Crippen MR) is 64.9 cm³/mol. The summed E-state index contributed by atoms with van der Waals surface area (Å²) in [5.41, 5.74) is 3.10. The molecule has 2 rings (SSSR count). The van der Waals surface area contributed by atoms with E-state index in [2.05, 4.69) is 10.2 Å². The highest BCUT2D eigenvalue weighted by Gasteiger charge is 2.15. The highest BCUT2D eigenvalue weighted by molar-refractivity contribution is 5.85. The van der Waals surface area contributed by atoms with Crippen molar-refractivity contribution in [1.82, 2.24) is 19.6 Å². The van der Waals surface area contributed by atoms with E-state index in [0.29, 0.717) is 11.3 Å². The van der Waals surface area contributed by atoms with Crippen LogP contribution in [0.5, 0.6) is 0 Å². The fraction of sp³-hybridized carbons (Fsp3) is 0.417. The molecule has 5 nitrogen and oxygen atoms in total. The predicted octanol–water partition coefficient (Wildman–Crippen LogP) is 1.99. The van der Waals surface area contributed by atoms with Gasteiger partial charge in [0, 0.05) is 31.0 Å². The number of aromatic nitrogens is 4. The molecule has 5 heteroatoms. The Morgan fingerprint density at radius 1 is 1.29 bits per heavy atom. The van der Waals surface area contributed by atoms with Gasteiger partial charge < -0.3 is 0 Å². The van der Waals surface area contributed by atoms with Crippen LogP contribution >= 0.6 is 0 Å². The first-order valence-electron chi connectivity index (χ1n) is 5.58. The minimum atomic E-state index is 0.236. The van der Waals surface area contributed by atoms with Crippen LogP contribution in [0.3, 0.4) is 0 Å². The molecular formula is C12H16N4O.